The molecule has 152 valence electrons. The molecular weight excluding hydrogens is 364 g/mol. The third-order valence-corrected chi connectivity index (χ3v) is 5.32. The van der Waals surface area contributed by atoms with E-state index in [0.29, 0.717) is 12.5 Å². The number of hydrazine groups is 1. The molecule has 0 radical (unpaired) electrons. The molecule has 1 aromatic carbocycles. The van der Waals surface area contributed by atoms with E-state index in [2.05, 4.69) is 41.3 Å². The van der Waals surface area contributed by atoms with Gasteiger partial charge in [0.25, 0.3) is 5.56 Å². The summed E-state index contributed by atoms with van der Waals surface area (Å²) < 4.78 is 1.78. The molecule has 1 saturated heterocycles. The third kappa shape index (κ3) is 3.88. The lowest BCUT2D eigenvalue weighted by molar-refractivity contribution is 0.240. The number of aromatic nitrogens is 3. The number of aryl methyl sites for hydroxylation is 2. The molecular formula is C22H28N6O. The predicted octanol–water partition coefficient (Wildman–Crippen LogP) is 2.72. The number of para-hydroxylation sites is 1. The summed E-state index contributed by atoms with van der Waals surface area (Å²) in [6, 6.07) is 11.9. The standard InChI is InChI=1S/C22H28N6O/c1-3-12-27-20(29)15-17(4-2)19-16-24-22(25-21(19)27)28(18-8-6-5-7-9-18)26-13-10-23-11-14-26/h5-9,15-16,23H,3-4,10-14H2,1-2H3. The number of piperazine rings is 1. The third-order valence-electron chi connectivity index (χ3n) is 5.32. The van der Waals surface area contributed by atoms with Gasteiger partial charge in [0.15, 0.2) is 0 Å². The first-order valence-corrected chi connectivity index (χ1v) is 10.4. The van der Waals surface area contributed by atoms with Crippen LogP contribution in [0.3, 0.4) is 0 Å². The SMILES string of the molecule is CCCn1c(=O)cc(CC)c2cnc(N(c3ccccc3)N3CCNCC3)nc21. The molecule has 0 saturated carbocycles. The number of pyridine rings is 1. The molecule has 1 fully saturated rings. The Morgan fingerprint density at radius 3 is 2.59 bits per heavy atom. The van der Waals surface area contributed by atoms with Gasteiger partial charge in [-0.05, 0) is 30.5 Å². The highest BCUT2D eigenvalue weighted by Gasteiger charge is 2.23. The van der Waals surface area contributed by atoms with E-state index in [1.807, 2.05) is 24.4 Å². The molecule has 0 unspecified atom stereocenters. The van der Waals surface area contributed by atoms with Crippen LogP contribution in [0.15, 0.2) is 47.4 Å². The van der Waals surface area contributed by atoms with E-state index in [1.54, 1.807) is 10.6 Å². The molecule has 7 heteroatoms. The fraction of sp³-hybridized carbons (Fsp3) is 0.409. The number of anilines is 2. The summed E-state index contributed by atoms with van der Waals surface area (Å²) >= 11 is 0. The van der Waals surface area contributed by atoms with Crippen LogP contribution in [-0.4, -0.2) is 45.7 Å². The highest BCUT2D eigenvalue weighted by Crippen LogP contribution is 2.26. The van der Waals surface area contributed by atoms with Crippen LogP contribution in [0.2, 0.25) is 0 Å². The van der Waals surface area contributed by atoms with Crippen LogP contribution < -0.4 is 15.9 Å². The normalized spacial score (nSPS) is 15.0. The Labute approximate surface area is 171 Å². The summed E-state index contributed by atoms with van der Waals surface area (Å²) in [5, 5.41) is 8.70. The molecule has 29 heavy (non-hydrogen) atoms. The largest absolute Gasteiger partial charge is 0.314 e. The van der Waals surface area contributed by atoms with E-state index in [9.17, 15) is 4.79 Å². The van der Waals surface area contributed by atoms with Crippen molar-refractivity contribution in [3.05, 3.63) is 58.5 Å². The first kappa shape index (κ1) is 19.5. The van der Waals surface area contributed by atoms with Gasteiger partial charge in [-0.15, -0.1) is 0 Å². The molecule has 3 aromatic rings. The van der Waals surface area contributed by atoms with Gasteiger partial charge in [0.1, 0.15) is 5.65 Å². The summed E-state index contributed by atoms with van der Waals surface area (Å²) in [5.41, 5.74) is 2.74. The minimum atomic E-state index is 0.00860. The molecule has 1 aliphatic heterocycles. The average Bonchev–Trinajstić information content (AvgIpc) is 2.77. The first-order valence-electron chi connectivity index (χ1n) is 10.4. The number of hydrogen-bond acceptors (Lipinski definition) is 6. The zero-order valence-electron chi connectivity index (χ0n) is 17.1. The van der Waals surface area contributed by atoms with Crippen LogP contribution in [0.25, 0.3) is 11.0 Å². The molecule has 3 heterocycles. The van der Waals surface area contributed by atoms with E-state index >= 15 is 0 Å². The number of nitrogens with zero attached hydrogens (tertiary/aromatic N) is 5. The van der Waals surface area contributed by atoms with Crippen molar-refractivity contribution in [3.8, 4) is 0 Å². The topological polar surface area (TPSA) is 66.3 Å². The van der Waals surface area contributed by atoms with E-state index in [-0.39, 0.29) is 5.56 Å². The van der Waals surface area contributed by atoms with Crippen LogP contribution in [0.4, 0.5) is 11.6 Å². The van der Waals surface area contributed by atoms with Gasteiger partial charge in [-0.25, -0.2) is 15.0 Å². The fourth-order valence-corrected chi connectivity index (χ4v) is 3.87. The van der Waals surface area contributed by atoms with Crippen molar-refractivity contribution < 1.29 is 0 Å². The lowest BCUT2D eigenvalue weighted by atomic mass is 10.1. The van der Waals surface area contributed by atoms with E-state index < -0.39 is 0 Å². The van der Waals surface area contributed by atoms with Gasteiger partial charge < -0.3 is 5.32 Å². The fourth-order valence-electron chi connectivity index (χ4n) is 3.87. The Hall–Kier alpha value is -2.77. The number of fused-ring (bicyclic) bond motifs is 1. The van der Waals surface area contributed by atoms with Gasteiger partial charge in [-0.1, -0.05) is 32.0 Å². The highest BCUT2D eigenvalue weighted by molar-refractivity contribution is 5.79. The number of benzene rings is 1. The zero-order chi connectivity index (χ0) is 20.2. The van der Waals surface area contributed by atoms with Crippen LogP contribution in [0.1, 0.15) is 25.8 Å². The Kier molecular flexibility index (Phi) is 5.87. The predicted molar refractivity (Wildman–Crippen MR) is 116 cm³/mol. The summed E-state index contributed by atoms with van der Waals surface area (Å²) in [4.78, 5) is 22.4. The maximum absolute atomic E-state index is 12.7. The Morgan fingerprint density at radius 1 is 1.14 bits per heavy atom. The first-order chi connectivity index (χ1) is 14.2. The minimum Gasteiger partial charge on any atom is -0.314 e. The van der Waals surface area contributed by atoms with Gasteiger partial charge in [0.05, 0.1) is 5.69 Å². The summed E-state index contributed by atoms with van der Waals surface area (Å²) in [6.07, 6.45) is 3.53. The molecule has 2 aromatic heterocycles. The number of nitrogens with one attached hydrogen (secondary N) is 1. The zero-order valence-corrected chi connectivity index (χ0v) is 17.1. The molecule has 0 spiro atoms. The van der Waals surface area contributed by atoms with Crippen LogP contribution in [0, 0.1) is 0 Å². The van der Waals surface area contributed by atoms with Crippen molar-refractivity contribution in [2.75, 3.05) is 31.2 Å². The molecule has 1 N–H and O–H groups in total. The summed E-state index contributed by atoms with van der Waals surface area (Å²) in [7, 11) is 0. The van der Waals surface area contributed by atoms with Crippen molar-refractivity contribution in [2.24, 2.45) is 0 Å². The van der Waals surface area contributed by atoms with E-state index in [0.717, 1.165) is 61.3 Å². The molecule has 7 nitrogen and oxygen atoms in total. The lowest BCUT2D eigenvalue weighted by Gasteiger charge is -2.37. The Bertz CT molecular complexity index is 1030. The summed E-state index contributed by atoms with van der Waals surface area (Å²) in [5.74, 6) is 0.600. The molecule has 4 rings (SSSR count). The summed E-state index contributed by atoms with van der Waals surface area (Å²) in [6.45, 7) is 8.35. The van der Waals surface area contributed by atoms with Gasteiger partial charge in [0.2, 0.25) is 5.95 Å². The molecule has 0 bridgehead atoms. The minimum absolute atomic E-state index is 0.00860. The highest BCUT2D eigenvalue weighted by atomic mass is 16.1. The molecule has 1 aliphatic rings. The smallest absolute Gasteiger partial charge is 0.252 e. The van der Waals surface area contributed by atoms with Gasteiger partial charge in [-0.3, -0.25) is 9.36 Å². The monoisotopic (exact) mass is 392 g/mol. The molecule has 0 amide bonds. The van der Waals surface area contributed by atoms with Crippen LogP contribution in [0.5, 0.6) is 0 Å². The van der Waals surface area contributed by atoms with Crippen molar-refractivity contribution >= 4 is 22.7 Å². The van der Waals surface area contributed by atoms with Crippen molar-refractivity contribution in [1.82, 2.24) is 24.9 Å². The average molecular weight is 393 g/mol. The number of rotatable bonds is 6. The number of hydrogen-bond donors (Lipinski definition) is 1. The Morgan fingerprint density at radius 2 is 1.90 bits per heavy atom. The van der Waals surface area contributed by atoms with Crippen molar-refractivity contribution in [1.29, 1.82) is 0 Å². The van der Waals surface area contributed by atoms with Crippen LogP contribution >= 0.6 is 0 Å². The molecule has 0 aliphatic carbocycles. The van der Waals surface area contributed by atoms with Gasteiger partial charge in [-0.2, -0.15) is 4.98 Å². The van der Waals surface area contributed by atoms with Crippen molar-refractivity contribution in [3.63, 3.8) is 0 Å². The van der Waals surface area contributed by atoms with Gasteiger partial charge >= 0.3 is 0 Å². The lowest BCUT2D eigenvalue weighted by Crippen LogP contribution is -2.51. The van der Waals surface area contributed by atoms with Crippen LogP contribution in [-0.2, 0) is 13.0 Å². The second-order valence-electron chi connectivity index (χ2n) is 7.27. The maximum Gasteiger partial charge on any atom is 0.252 e. The van der Waals surface area contributed by atoms with E-state index in [4.69, 9.17) is 9.97 Å². The maximum atomic E-state index is 12.7. The van der Waals surface area contributed by atoms with Crippen molar-refractivity contribution in [2.45, 2.75) is 33.2 Å². The quantitative estimate of drug-likeness (QED) is 0.696. The molecule has 0 atom stereocenters. The van der Waals surface area contributed by atoms with E-state index in [1.165, 1.54) is 0 Å². The Balaban J connectivity index is 1.89. The van der Waals surface area contributed by atoms with Gasteiger partial charge in [0, 0.05) is 50.4 Å². The second kappa shape index (κ2) is 8.71. The second-order valence-corrected chi connectivity index (χ2v) is 7.27.